The molecule has 6 heteroatoms. The second-order valence-corrected chi connectivity index (χ2v) is 8.67. The Labute approximate surface area is 144 Å². The summed E-state index contributed by atoms with van der Waals surface area (Å²) in [6.07, 6.45) is 6.95. The van der Waals surface area contributed by atoms with Crippen LogP contribution in [0.4, 0.5) is 0 Å². The van der Waals surface area contributed by atoms with Crippen molar-refractivity contribution in [2.45, 2.75) is 43.7 Å². The van der Waals surface area contributed by atoms with E-state index in [0.717, 1.165) is 26.1 Å². The molecule has 0 aliphatic carbocycles. The Morgan fingerprint density at radius 3 is 2.75 bits per heavy atom. The van der Waals surface area contributed by atoms with Gasteiger partial charge in [0.05, 0.1) is 23.4 Å². The highest BCUT2D eigenvalue weighted by Crippen LogP contribution is 2.20. The Hall–Kier alpha value is -1.66. The predicted molar refractivity (Wildman–Crippen MR) is 94.7 cm³/mol. The molecule has 1 aliphatic heterocycles. The number of rotatable bonds is 7. The van der Waals surface area contributed by atoms with Gasteiger partial charge in [-0.1, -0.05) is 18.2 Å². The molecule has 3 rings (SSSR count). The summed E-state index contributed by atoms with van der Waals surface area (Å²) in [5, 5.41) is 4.37. The van der Waals surface area contributed by atoms with Gasteiger partial charge in [-0.25, -0.2) is 8.42 Å². The zero-order valence-electron chi connectivity index (χ0n) is 14.1. The fourth-order valence-electron chi connectivity index (χ4n) is 3.38. The van der Waals surface area contributed by atoms with E-state index < -0.39 is 9.84 Å². The lowest BCUT2D eigenvalue weighted by Gasteiger charge is -2.24. The van der Waals surface area contributed by atoms with Crippen molar-refractivity contribution in [1.29, 1.82) is 0 Å². The summed E-state index contributed by atoms with van der Waals surface area (Å²) in [5.74, 6) is 0.209. The molecule has 0 spiro atoms. The first kappa shape index (κ1) is 17.2. The van der Waals surface area contributed by atoms with Crippen LogP contribution in [0.5, 0.6) is 0 Å². The quantitative estimate of drug-likeness (QED) is 0.772. The Morgan fingerprint density at radius 1 is 1.25 bits per heavy atom. The number of likely N-dealkylation sites (tertiary alicyclic amines) is 1. The topological polar surface area (TPSA) is 55.2 Å². The van der Waals surface area contributed by atoms with Crippen molar-refractivity contribution in [2.24, 2.45) is 0 Å². The predicted octanol–water partition coefficient (Wildman–Crippen LogP) is 2.52. The van der Waals surface area contributed by atoms with Gasteiger partial charge < -0.3 is 0 Å². The third-order valence-corrected chi connectivity index (χ3v) is 6.44. The van der Waals surface area contributed by atoms with Crippen LogP contribution in [0.1, 0.15) is 24.8 Å². The lowest BCUT2D eigenvalue weighted by atomic mass is 10.2. The molecular weight excluding hydrogens is 322 g/mol. The lowest BCUT2D eigenvalue weighted by Crippen LogP contribution is -2.34. The molecule has 0 saturated carbocycles. The van der Waals surface area contributed by atoms with Crippen LogP contribution in [-0.4, -0.2) is 48.0 Å². The zero-order chi connectivity index (χ0) is 17.0. The largest absolute Gasteiger partial charge is 0.299 e. The van der Waals surface area contributed by atoms with Crippen LogP contribution >= 0.6 is 0 Å². The number of aromatic nitrogens is 2. The Bertz CT molecular complexity index is 756. The van der Waals surface area contributed by atoms with Gasteiger partial charge in [0, 0.05) is 12.2 Å². The van der Waals surface area contributed by atoms with Crippen molar-refractivity contribution >= 4 is 9.84 Å². The van der Waals surface area contributed by atoms with E-state index in [1.165, 1.54) is 12.0 Å². The molecular formula is C18H25N3O2S. The molecule has 130 valence electrons. The average molecular weight is 347 g/mol. The molecule has 1 aliphatic rings. The van der Waals surface area contributed by atoms with Crippen LogP contribution in [0, 0.1) is 6.92 Å². The minimum Gasteiger partial charge on any atom is -0.299 e. The first-order valence-corrected chi connectivity index (χ1v) is 10.2. The van der Waals surface area contributed by atoms with Crippen LogP contribution in [0.15, 0.2) is 47.6 Å². The van der Waals surface area contributed by atoms with Crippen LogP contribution in [0.3, 0.4) is 0 Å². The smallest absolute Gasteiger partial charge is 0.178 e. The maximum absolute atomic E-state index is 12.3. The van der Waals surface area contributed by atoms with Crippen molar-refractivity contribution < 1.29 is 8.42 Å². The fourth-order valence-corrected chi connectivity index (χ4v) is 4.70. The molecule has 0 N–H and O–H groups in total. The number of hydrogen-bond acceptors (Lipinski definition) is 4. The second kappa shape index (κ2) is 7.49. The van der Waals surface area contributed by atoms with Crippen molar-refractivity contribution in [3.05, 3.63) is 48.3 Å². The summed E-state index contributed by atoms with van der Waals surface area (Å²) < 4.78 is 26.7. The standard InChI is InChI=1S/C18H25N3O2S/c1-16-13-19-21(14-16)15-17-7-5-10-20(17)11-6-12-24(22,23)18-8-3-2-4-9-18/h2-4,8-9,13-14,17H,5-7,10-12,15H2,1H3/t17-/m0/s1. The minimum absolute atomic E-state index is 0.209. The van der Waals surface area contributed by atoms with E-state index in [2.05, 4.69) is 16.2 Å². The van der Waals surface area contributed by atoms with E-state index >= 15 is 0 Å². The van der Waals surface area contributed by atoms with Gasteiger partial charge in [-0.3, -0.25) is 9.58 Å². The van der Waals surface area contributed by atoms with Gasteiger partial charge in [0.1, 0.15) is 0 Å². The summed E-state index contributed by atoms with van der Waals surface area (Å²) in [4.78, 5) is 2.84. The summed E-state index contributed by atoms with van der Waals surface area (Å²) in [7, 11) is -3.17. The number of sulfone groups is 1. The first-order chi connectivity index (χ1) is 11.5. The number of benzene rings is 1. The molecule has 0 bridgehead atoms. The average Bonchev–Trinajstić information content (AvgIpc) is 3.18. The maximum Gasteiger partial charge on any atom is 0.178 e. The fraction of sp³-hybridized carbons (Fsp3) is 0.500. The SMILES string of the molecule is Cc1cnn(C[C@@H]2CCCN2CCCS(=O)(=O)c2ccccc2)c1. The van der Waals surface area contributed by atoms with Crippen LogP contribution in [0.25, 0.3) is 0 Å². The molecule has 1 aromatic heterocycles. The second-order valence-electron chi connectivity index (χ2n) is 6.56. The highest BCUT2D eigenvalue weighted by Gasteiger charge is 2.25. The molecule has 1 fully saturated rings. The van der Waals surface area contributed by atoms with Gasteiger partial charge in [0.15, 0.2) is 9.84 Å². The molecule has 0 radical (unpaired) electrons. The van der Waals surface area contributed by atoms with Gasteiger partial charge in [0.25, 0.3) is 0 Å². The van der Waals surface area contributed by atoms with Crippen LogP contribution in [0.2, 0.25) is 0 Å². The third-order valence-electron chi connectivity index (χ3n) is 4.62. The number of aryl methyl sites for hydroxylation is 1. The zero-order valence-corrected chi connectivity index (χ0v) is 15.0. The molecule has 1 saturated heterocycles. The van der Waals surface area contributed by atoms with Gasteiger partial charge in [-0.15, -0.1) is 0 Å². The molecule has 24 heavy (non-hydrogen) atoms. The van der Waals surface area contributed by atoms with Crippen LogP contribution in [-0.2, 0) is 16.4 Å². The lowest BCUT2D eigenvalue weighted by molar-refractivity contribution is 0.228. The summed E-state index contributed by atoms with van der Waals surface area (Å²) in [6.45, 7) is 4.82. The van der Waals surface area contributed by atoms with Gasteiger partial charge in [0.2, 0.25) is 0 Å². The molecule has 1 atom stereocenters. The summed E-state index contributed by atoms with van der Waals surface area (Å²) in [5.41, 5.74) is 1.17. The monoisotopic (exact) mass is 347 g/mol. The number of nitrogens with zero attached hydrogens (tertiary/aromatic N) is 3. The Balaban J connectivity index is 1.52. The maximum atomic E-state index is 12.3. The Kier molecular flexibility index (Phi) is 5.36. The van der Waals surface area contributed by atoms with Gasteiger partial charge >= 0.3 is 0 Å². The van der Waals surface area contributed by atoms with Crippen molar-refractivity contribution in [3.63, 3.8) is 0 Å². The van der Waals surface area contributed by atoms with Crippen molar-refractivity contribution in [2.75, 3.05) is 18.8 Å². The molecule has 0 amide bonds. The third kappa shape index (κ3) is 4.24. The first-order valence-electron chi connectivity index (χ1n) is 8.55. The summed E-state index contributed by atoms with van der Waals surface area (Å²) in [6, 6.07) is 9.20. The minimum atomic E-state index is -3.17. The van der Waals surface area contributed by atoms with Gasteiger partial charge in [-0.05, 0) is 57.0 Å². The summed E-state index contributed by atoms with van der Waals surface area (Å²) >= 11 is 0. The molecule has 2 aromatic rings. The molecule has 2 heterocycles. The van der Waals surface area contributed by atoms with Crippen molar-refractivity contribution in [1.82, 2.24) is 14.7 Å². The molecule has 5 nitrogen and oxygen atoms in total. The van der Waals surface area contributed by atoms with E-state index in [0.29, 0.717) is 17.4 Å². The van der Waals surface area contributed by atoms with Gasteiger partial charge in [-0.2, -0.15) is 5.10 Å². The van der Waals surface area contributed by atoms with E-state index in [-0.39, 0.29) is 5.75 Å². The van der Waals surface area contributed by atoms with E-state index in [1.54, 1.807) is 24.3 Å². The van der Waals surface area contributed by atoms with Crippen molar-refractivity contribution in [3.8, 4) is 0 Å². The molecule has 1 aromatic carbocycles. The normalized spacial score (nSPS) is 19.0. The van der Waals surface area contributed by atoms with Crippen LogP contribution < -0.4 is 0 Å². The Morgan fingerprint density at radius 2 is 2.04 bits per heavy atom. The number of hydrogen-bond donors (Lipinski definition) is 0. The highest BCUT2D eigenvalue weighted by molar-refractivity contribution is 7.91. The van der Waals surface area contributed by atoms with E-state index in [9.17, 15) is 8.42 Å². The van der Waals surface area contributed by atoms with E-state index in [4.69, 9.17) is 0 Å². The van der Waals surface area contributed by atoms with E-state index in [1.807, 2.05) is 23.9 Å². The highest BCUT2D eigenvalue weighted by atomic mass is 32.2. The molecule has 0 unspecified atom stereocenters.